The first-order valence-electron chi connectivity index (χ1n) is 14.7. The number of hydrogen-bond donors (Lipinski definition) is 3. The molecular formula is C34H35N3O7. The van der Waals surface area contributed by atoms with Crippen molar-refractivity contribution < 1.29 is 29.8 Å². The number of aromatic nitrogens is 1. The van der Waals surface area contributed by atoms with E-state index in [2.05, 4.69) is 4.98 Å². The van der Waals surface area contributed by atoms with E-state index in [-0.39, 0.29) is 35.9 Å². The van der Waals surface area contributed by atoms with Crippen LogP contribution >= 0.6 is 0 Å². The molecule has 1 aromatic heterocycles. The number of nitrogens with zero attached hydrogens (tertiary/aromatic N) is 3. The van der Waals surface area contributed by atoms with Crippen LogP contribution < -0.4 is 4.90 Å². The van der Waals surface area contributed by atoms with Crippen LogP contribution in [-0.4, -0.2) is 49.8 Å². The van der Waals surface area contributed by atoms with E-state index in [9.17, 15) is 35.0 Å². The molecule has 0 unspecified atom stereocenters. The van der Waals surface area contributed by atoms with Gasteiger partial charge in [-0.2, -0.15) is 0 Å². The SMILES string of the molecule is CC(C)C1=C([C@H](O)CC/C(=C/c2ccccc2O)c2ccccn2)[C@H](CO)[C@@H]2C(=O)N(c3cccc([N+](=O)[O-])c3)C(=O)[C@@H]2C1. The number of para-hydroxylation sites is 1. The number of imide groups is 1. The molecule has 3 aromatic rings. The summed E-state index contributed by atoms with van der Waals surface area (Å²) in [6.07, 6.45) is 3.33. The van der Waals surface area contributed by atoms with Gasteiger partial charge in [0.15, 0.2) is 0 Å². The van der Waals surface area contributed by atoms with Crippen molar-refractivity contribution in [1.82, 2.24) is 4.98 Å². The number of hydrogen-bond acceptors (Lipinski definition) is 8. The first-order valence-corrected chi connectivity index (χ1v) is 14.7. The first-order chi connectivity index (χ1) is 21.1. The van der Waals surface area contributed by atoms with E-state index < -0.39 is 47.2 Å². The molecule has 4 atom stereocenters. The number of aromatic hydroxyl groups is 1. The maximum absolute atomic E-state index is 13.8. The number of phenols is 1. The number of rotatable bonds is 10. The molecule has 1 fully saturated rings. The first kappa shape index (κ1) is 30.8. The Morgan fingerprint density at radius 2 is 1.84 bits per heavy atom. The number of aliphatic hydroxyl groups excluding tert-OH is 2. The molecule has 2 amide bonds. The van der Waals surface area contributed by atoms with Crippen molar-refractivity contribution in [1.29, 1.82) is 0 Å². The highest BCUT2D eigenvalue weighted by atomic mass is 16.6. The van der Waals surface area contributed by atoms with Crippen LogP contribution in [0.4, 0.5) is 11.4 Å². The Kier molecular flexibility index (Phi) is 9.03. The Bertz CT molecular complexity index is 1630. The van der Waals surface area contributed by atoms with Crippen LogP contribution in [-0.2, 0) is 9.59 Å². The van der Waals surface area contributed by atoms with Gasteiger partial charge in [0, 0.05) is 29.8 Å². The zero-order chi connectivity index (χ0) is 31.5. The van der Waals surface area contributed by atoms with Gasteiger partial charge < -0.3 is 15.3 Å². The monoisotopic (exact) mass is 597 g/mol. The Balaban J connectivity index is 1.46. The van der Waals surface area contributed by atoms with Gasteiger partial charge in [-0.15, -0.1) is 0 Å². The van der Waals surface area contributed by atoms with Crippen molar-refractivity contribution in [2.45, 2.75) is 39.2 Å². The van der Waals surface area contributed by atoms with E-state index in [1.165, 1.54) is 24.3 Å². The lowest BCUT2D eigenvalue weighted by atomic mass is 9.66. The molecule has 5 rings (SSSR count). The number of benzene rings is 2. The van der Waals surface area contributed by atoms with Gasteiger partial charge in [-0.3, -0.25) is 24.7 Å². The van der Waals surface area contributed by atoms with E-state index in [1.807, 2.05) is 38.1 Å². The highest BCUT2D eigenvalue weighted by Crippen LogP contribution is 2.49. The lowest BCUT2D eigenvalue weighted by Gasteiger charge is -2.38. The molecule has 0 saturated carbocycles. The summed E-state index contributed by atoms with van der Waals surface area (Å²) in [7, 11) is 0. The average Bonchev–Trinajstić information content (AvgIpc) is 3.28. The maximum atomic E-state index is 13.8. The third kappa shape index (κ3) is 5.91. The number of amides is 2. The second kappa shape index (κ2) is 12.9. The third-order valence-corrected chi connectivity index (χ3v) is 8.62. The predicted octanol–water partition coefficient (Wildman–Crippen LogP) is 5.15. The standard InChI is InChI=1S/C34H35N3O7/c1-20(2)25-18-26-32(34(42)36(33(26)41)23-9-7-10-24(17-23)37(43)44)27(19-38)31(25)30(40)14-13-21(28-11-5-6-15-35-28)16-22-8-3-4-12-29(22)39/h3-12,15-17,20,26-27,30,32,38-40H,13-14,18-19H2,1-2H3/b21-16-/t26-,27+,30-,32-/m1/s1. The van der Waals surface area contributed by atoms with Crippen LogP contribution in [0.1, 0.15) is 44.4 Å². The fourth-order valence-electron chi connectivity index (χ4n) is 6.52. The van der Waals surface area contributed by atoms with Gasteiger partial charge in [0.05, 0.1) is 40.9 Å². The lowest BCUT2D eigenvalue weighted by molar-refractivity contribution is -0.384. The molecule has 0 spiro atoms. The van der Waals surface area contributed by atoms with Crippen molar-refractivity contribution in [3.05, 3.63) is 105 Å². The molecule has 3 N–H and O–H groups in total. The molecule has 1 aliphatic carbocycles. The minimum absolute atomic E-state index is 0.0727. The number of non-ortho nitro benzene ring substituents is 1. The summed E-state index contributed by atoms with van der Waals surface area (Å²) in [5, 5.41) is 44.1. The molecular weight excluding hydrogens is 562 g/mol. The summed E-state index contributed by atoms with van der Waals surface area (Å²) in [5.74, 6) is -3.43. The molecule has 10 heteroatoms. The van der Waals surface area contributed by atoms with Gasteiger partial charge in [0.25, 0.3) is 5.69 Å². The Morgan fingerprint density at radius 3 is 2.50 bits per heavy atom. The number of carbonyl (C=O) groups excluding carboxylic acids is 2. The van der Waals surface area contributed by atoms with E-state index in [1.54, 1.807) is 30.5 Å². The minimum atomic E-state index is -1.03. The molecule has 2 aromatic carbocycles. The van der Waals surface area contributed by atoms with Gasteiger partial charge in [0.1, 0.15) is 5.75 Å². The van der Waals surface area contributed by atoms with E-state index in [0.29, 0.717) is 23.3 Å². The number of fused-ring (bicyclic) bond motifs is 1. The van der Waals surface area contributed by atoms with Crippen LogP contribution in [0.5, 0.6) is 5.75 Å². The number of nitro groups is 1. The summed E-state index contributed by atoms with van der Waals surface area (Å²) in [6.45, 7) is 3.45. The van der Waals surface area contributed by atoms with Crippen LogP contribution in [0.25, 0.3) is 11.6 Å². The fourth-order valence-corrected chi connectivity index (χ4v) is 6.52. The largest absolute Gasteiger partial charge is 0.507 e. The average molecular weight is 598 g/mol. The summed E-state index contributed by atoms with van der Waals surface area (Å²) in [5.41, 5.74) is 3.34. The molecule has 1 aliphatic heterocycles. The summed E-state index contributed by atoms with van der Waals surface area (Å²) >= 11 is 0. The minimum Gasteiger partial charge on any atom is -0.507 e. The number of allylic oxidation sites excluding steroid dienone is 2. The van der Waals surface area contributed by atoms with Crippen molar-refractivity contribution >= 4 is 34.8 Å². The van der Waals surface area contributed by atoms with E-state index in [0.717, 1.165) is 16.0 Å². The molecule has 0 bridgehead atoms. The highest BCUT2D eigenvalue weighted by molar-refractivity contribution is 6.22. The number of aliphatic hydroxyl groups is 2. The zero-order valence-corrected chi connectivity index (χ0v) is 24.5. The van der Waals surface area contributed by atoms with Crippen molar-refractivity contribution in [2.75, 3.05) is 11.5 Å². The summed E-state index contributed by atoms with van der Waals surface area (Å²) in [6, 6.07) is 17.8. The fraction of sp³-hybridized carbons (Fsp3) is 0.324. The molecule has 228 valence electrons. The Morgan fingerprint density at radius 1 is 1.09 bits per heavy atom. The van der Waals surface area contributed by atoms with Crippen molar-refractivity contribution in [3.63, 3.8) is 0 Å². The molecule has 2 aliphatic rings. The molecule has 2 heterocycles. The van der Waals surface area contributed by atoms with Crippen LogP contribution in [0.3, 0.4) is 0 Å². The highest BCUT2D eigenvalue weighted by Gasteiger charge is 2.55. The van der Waals surface area contributed by atoms with Crippen LogP contribution in [0.15, 0.2) is 84.1 Å². The Hall–Kier alpha value is -4.67. The maximum Gasteiger partial charge on any atom is 0.271 e. The second-order valence-electron chi connectivity index (χ2n) is 11.5. The zero-order valence-electron chi connectivity index (χ0n) is 24.5. The second-order valence-corrected chi connectivity index (χ2v) is 11.5. The van der Waals surface area contributed by atoms with Gasteiger partial charge in [-0.05, 0) is 66.7 Å². The van der Waals surface area contributed by atoms with Crippen molar-refractivity contribution in [3.8, 4) is 5.75 Å². The number of carbonyl (C=O) groups is 2. The smallest absolute Gasteiger partial charge is 0.271 e. The van der Waals surface area contributed by atoms with Gasteiger partial charge in [-0.1, -0.05) is 49.8 Å². The van der Waals surface area contributed by atoms with Crippen LogP contribution in [0.2, 0.25) is 0 Å². The summed E-state index contributed by atoms with van der Waals surface area (Å²) < 4.78 is 0. The van der Waals surface area contributed by atoms with E-state index >= 15 is 0 Å². The number of pyridine rings is 1. The van der Waals surface area contributed by atoms with Gasteiger partial charge in [-0.25, -0.2) is 4.90 Å². The van der Waals surface area contributed by atoms with Gasteiger partial charge >= 0.3 is 0 Å². The quantitative estimate of drug-likeness (QED) is 0.126. The molecule has 1 saturated heterocycles. The van der Waals surface area contributed by atoms with Gasteiger partial charge in [0.2, 0.25) is 11.8 Å². The molecule has 44 heavy (non-hydrogen) atoms. The molecule has 0 radical (unpaired) electrons. The number of phenolic OH excluding ortho intramolecular Hbond substituents is 1. The molecule has 10 nitrogen and oxygen atoms in total. The third-order valence-electron chi connectivity index (χ3n) is 8.62. The summed E-state index contributed by atoms with van der Waals surface area (Å²) in [4.78, 5) is 43.7. The van der Waals surface area contributed by atoms with E-state index in [4.69, 9.17) is 0 Å². The Labute approximate surface area is 255 Å². The predicted molar refractivity (Wildman–Crippen MR) is 165 cm³/mol. The lowest BCUT2D eigenvalue weighted by Crippen LogP contribution is -2.39. The number of nitro benzene ring substituents is 1. The number of anilines is 1. The normalized spacial score (nSPS) is 21.2. The van der Waals surface area contributed by atoms with Crippen LogP contribution in [0, 0.1) is 33.8 Å². The van der Waals surface area contributed by atoms with Crippen molar-refractivity contribution in [2.24, 2.45) is 23.7 Å². The topological polar surface area (TPSA) is 154 Å².